The maximum absolute atomic E-state index is 5.71. The molecule has 0 aromatic carbocycles. The summed E-state index contributed by atoms with van der Waals surface area (Å²) in [5, 5.41) is 0. The molecule has 3 fully saturated rings. The summed E-state index contributed by atoms with van der Waals surface area (Å²) in [6.45, 7) is 1.65. The van der Waals surface area contributed by atoms with Gasteiger partial charge in [-0.2, -0.15) is 0 Å². The highest BCUT2D eigenvalue weighted by Gasteiger charge is 2.54. The van der Waals surface area contributed by atoms with Crippen LogP contribution in [0.25, 0.3) is 0 Å². The van der Waals surface area contributed by atoms with Crippen LogP contribution in [0.2, 0.25) is 0 Å². The first kappa shape index (κ1) is 6.44. The summed E-state index contributed by atoms with van der Waals surface area (Å²) in [6.07, 6.45) is 5.29. The van der Waals surface area contributed by atoms with Gasteiger partial charge in [0.25, 0.3) is 0 Å². The van der Waals surface area contributed by atoms with Gasteiger partial charge in [-0.1, -0.05) is 0 Å². The molecule has 2 heteroatoms. The first-order chi connectivity index (χ1) is 5.39. The molecule has 0 N–H and O–H groups in total. The molecule has 3 aliphatic rings. The van der Waals surface area contributed by atoms with Crippen molar-refractivity contribution in [1.29, 1.82) is 0 Å². The minimum absolute atomic E-state index is 0.0943. The lowest BCUT2D eigenvalue weighted by molar-refractivity contribution is -0.190. The predicted octanol–water partition coefficient (Wildman–Crippen LogP) is 1.55. The Morgan fingerprint density at radius 1 is 1.09 bits per heavy atom. The zero-order valence-corrected chi connectivity index (χ0v) is 6.71. The fourth-order valence-electron chi connectivity index (χ4n) is 3.05. The van der Waals surface area contributed by atoms with Gasteiger partial charge < -0.3 is 9.47 Å². The molecule has 1 heterocycles. The monoisotopic (exact) mass is 154 g/mol. The van der Waals surface area contributed by atoms with E-state index in [1.807, 2.05) is 0 Å². The van der Waals surface area contributed by atoms with Gasteiger partial charge in [0, 0.05) is 12.3 Å². The minimum Gasteiger partial charge on any atom is -0.347 e. The van der Waals surface area contributed by atoms with Gasteiger partial charge >= 0.3 is 0 Å². The molecule has 2 bridgehead atoms. The van der Waals surface area contributed by atoms with Gasteiger partial charge in [0.1, 0.15) is 0 Å². The lowest BCUT2D eigenvalue weighted by Crippen LogP contribution is -2.36. The Hall–Kier alpha value is -0.0800. The number of fused-ring (bicyclic) bond motifs is 3. The topological polar surface area (TPSA) is 18.5 Å². The zero-order valence-electron chi connectivity index (χ0n) is 6.71. The summed E-state index contributed by atoms with van der Waals surface area (Å²) in [5.41, 5.74) is 0. The Morgan fingerprint density at radius 3 is 2.45 bits per heavy atom. The van der Waals surface area contributed by atoms with Crippen molar-refractivity contribution in [2.24, 2.45) is 11.8 Å². The quantitative estimate of drug-likeness (QED) is 0.527. The van der Waals surface area contributed by atoms with Crippen molar-refractivity contribution < 1.29 is 9.47 Å². The Labute approximate surface area is 66.9 Å². The highest BCUT2D eigenvalue weighted by Crippen LogP contribution is 2.54. The molecule has 0 aromatic rings. The molecule has 2 aliphatic carbocycles. The highest BCUT2D eigenvalue weighted by atomic mass is 16.7. The van der Waals surface area contributed by atoms with Crippen LogP contribution in [0.3, 0.4) is 0 Å². The van der Waals surface area contributed by atoms with Crippen LogP contribution >= 0.6 is 0 Å². The van der Waals surface area contributed by atoms with Gasteiger partial charge in [0.05, 0.1) is 13.2 Å². The van der Waals surface area contributed by atoms with Crippen LogP contribution in [0.1, 0.15) is 25.7 Å². The fraction of sp³-hybridized carbons (Fsp3) is 1.00. The summed E-state index contributed by atoms with van der Waals surface area (Å²) < 4.78 is 11.4. The van der Waals surface area contributed by atoms with E-state index in [2.05, 4.69) is 0 Å². The predicted molar refractivity (Wildman–Crippen MR) is 40.1 cm³/mol. The Balaban J connectivity index is 1.88. The Kier molecular flexibility index (Phi) is 1.16. The highest BCUT2D eigenvalue weighted by molar-refractivity contribution is 4.98. The number of ether oxygens (including phenoxy) is 2. The summed E-state index contributed by atoms with van der Waals surface area (Å²) >= 11 is 0. The zero-order chi connectivity index (χ0) is 7.31. The third-order valence-corrected chi connectivity index (χ3v) is 3.51. The lowest BCUT2D eigenvalue weighted by Gasteiger charge is -2.31. The number of rotatable bonds is 0. The van der Waals surface area contributed by atoms with E-state index in [0.29, 0.717) is 0 Å². The molecule has 1 aliphatic heterocycles. The van der Waals surface area contributed by atoms with Crippen LogP contribution in [0, 0.1) is 11.8 Å². The van der Waals surface area contributed by atoms with Crippen LogP contribution in [0.15, 0.2) is 0 Å². The van der Waals surface area contributed by atoms with Crippen molar-refractivity contribution in [3.05, 3.63) is 0 Å². The van der Waals surface area contributed by atoms with E-state index in [1.54, 1.807) is 0 Å². The van der Waals surface area contributed by atoms with E-state index in [0.717, 1.165) is 25.0 Å². The van der Waals surface area contributed by atoms with Crippen molar-refractivity contribution in [1.82, 2.24) is 0 Å². The molecule has 2 atom stereocenters. The standard InChI is InChI=1S/C9H14O2/c1-2-8-5-7(1)6-9(8)10-3-4-11-9/h7-8H,1-6H2/t7-,8+/m0/s1. The average Bonchev–Trinajstić information content (AvgIpc) is 2.64. The summed E-state index contributed by atoms with van der Waals surface area (Å²) in [4.78, 5) is 0. The molecule has 1 spiro atoms. The third kappa shape index (κ3) is 0.744. The lowest BCUT2D eigenvalue weighted by atomic mass is 9.94. The van der Waals surface area contributed by atoms with Crippen molar-refractivity contribution in [3.8, 4) is 0 Å². The molecule has 2 saturated carbocycles. The fourth-order valence-corrected chi connectivity index (χ4v) is 3.05. The maximum atomic E-state index is 5.71. The molecule has 0 radical (unpaired) electrons. The second kappa shape index (κ2) is 1.99. The van der Waals surface area contributed by atoms with Gasteiger partial charge in [-0.3, -0.25) is 0 Å². The van der Waals surface area contributed by atoms with Crippen molar-refractivity contribution in [2.45, 2.75) is 31.5 Å². The van der Waals surface area contributed by atoms with Crippen LogP contribution in [0.5, 0.6) is 0 Å². The Morgan fingerprint density at radius 2 is 1.91 bits per heavy atom. The molecular formula is C9H14O2. The van der Waals surface area contributed by atoms with E-state index < -0.39 is 0 Å². The first-order valence-corrected chi connectivity index (χ1v) is 4.67. The normalized spacial score (nSPS) is 45.8. The molecular weight excluding hydrogens is 140 g/mol. The third-order valence-electron chi connectivity index (χ3n) is 3.51. The van der Waals surface area contributed by atoms with Gasteiger partial charge in [0.15, 0.2) is 5.79 Å². The molecule has 11 heavy (non-hydrogen) atoms. The maximum Gasteiger partial charge on any atom is 0.171 e. The summed E-state index contributed by atoms with van der Waals surface area (Å²) in [5.74, 6) is 1.55. The average molecular weight is 154 g/mol. The molecule has 0 amide bonds. The van der Waals surface area contributed by atoms with Gasteiger partial charge in [-0.05, 0) is 25.2 Å². The molecule has 2 nitrogen and oxygen atoms in total. The minimum atomic E-state index is -0.0943. The number of hydrogen-bond donors (Lipinski definition) is 0. The second-order valence-electron chi connectivity index (χ2n) is 4.09. The largest absolute Gasteiger partial charge is 0.347 e. The molecule has 0 unspecified atom stereocenters. The van der Waals surface area contributed by atoms with Gasteiger partial charge in [0.2, 0.25) is 0 Å². The van der Waals surface area contributed by atoms with Gasteiger partial charge in [-0.15, -0.1) is 0 Å². The molecule has 62 valence electrons. The summed E-state index contributed by atoms with van der Waals surface area (Å²) in [7, 11) is 0. The summed E-state index contributed by atoms with van der Waals surface area (Å²) in [6, 6.07) is 0. The van der Waals surface area contributed by atoms with Crippen LogP contribution < -0.4 is 0 Å². The SMILES string of the molecule is C1COC2(C[C@H]3CC[C@@H]2C3)O1. The van der Waals surface area contributed by atoms with E-state index in [9.17, 15) is 0 Å². The van der Waals surface area contributed by atoms with Crippen LogP contribution in [0.4, 0.5) is 0 Å². The molecule has 1 saturated heterocycles. The smallest absolute Gasteiger partial charge is 0.171 e. The van der Waals surface area contributed by atoms with Crippen molar-refractivity contribution in [3.63, 3.8) is 0 Å². The Bertz CT molecular complexity index is 172. The van der Waals surface area contributed by atoms with E-state index in [-0.39, 0.29) is 5.79 Å². The van der Waals surface area contributed by atoms with Crippen LogP contribution in [-0.4, -0.2) is 19.0 Å². The van der Waals surface area contributed by atoms with Crippen molar-refractivity contribution in [2.75, 3.05) is 13.2 Å². The second-order valence-corrected chi connectivity index (χ2v) is 4.09. The number of hydrogen-bond acceptors (Lipinski definition) is 2. The molecule has 3 rings (SSSR count). The van der Waals surface area contributed by atoms with E-state index in [1.165, 1.54) is 25.7 Å². The van der Waals surface area contributed by atoms with Crippen molar-refractivity contribution >= 4 is 0 Å². The van der Waals surface area contributed by atoms with Gasteiger partial charge in [-0.25, -0.2) is 0 Å². The van der Waals surface area contributed by atoms with E-state index in [4.69, 9.17) is 9.47 Å². The van der Waals surface area contributed by atoms with Crippen LogP contribution in [-0.2, 0) is 9.47 Å². The molecule has 0 aromatic heterocycles. The first-order valence-electron chi connectivity index (χ1n) is 4.67. The van der Waals surface area contributed by atoms with E-state index >= 15 is 0 Å².